The summed E-state index contributed by atoms with van der Waals surface area (Å²) in [6, 6.07) is 12.3. The standard InChI is InChI=1S/C16H14F3NO3/c1-11-6-8-12(9-7-11)22-10-15(21)20-13-4-2-3-5-14(13)23-16(17,18)19/h2-9H,10H2,1H3,(H,20,21). The molecule has 0 heterocycles. The molecule has 7 heteroatoms. The van der Waals surface area contributed by atoms with E-state index in [1.54, 1.807) is 12.1 Å². The van der Waals surface area contributed by atoms with E-state index in [1.165, 1.54) is 18.2 Å². The van der Waals surface area contributed by atoms with Gasteiger partial charge >= 0.3 is 6.36 Å². The van der Waals surface area contributed by atoms with Crippen LogP contribution in [-0.4, -0.2) is 18.9 Å². The fourth-order valence-electron chi connectivity index (χ4n) is 1.75. The van der Waals surface area contributed by atoms with Crippen LogP contribution in [0.4, 0.5) is 18.9 Å². The lowest BCUT2D eigenvalue weighted by atomic mass is 10.2. The van der Waals surface area contributed by atoms with Crippen molar-refractivity contribution in [3.8, 4) is 11.5 Å². The van der Waals surface area contributed by atoms with Gasteiger partial charge in [0.25, 0.3) is 5.91 Å². The monoisotopic (exact) mass is 325 g/mol. The minimum absolute atomic E-state index is 0.0812. The molecule has 4 nitrogen and oxygen atoms in total. The van der Waals surface area contributed by atoms with E-state index in [0.29, 0.717) is 5.75 Å². The highest BCUT2D eigenvalue weighted by molar-refractivity contribution is 5.93. The lowest BCUT2D eigenvalue weighted by Gasteiger charge is -2.14. The molecule has 0 atom stereocenters. The fraction of sp³-hybridized carbons (Fsp3) is 0.188. The number of benzene rings is 2. The number of rotatable bonds is 5. The molecule has 0 radical (unpaired) electrons. The van der Waals surface area contributed by atoms with Crippen LogP contribution in [0.15, 0.2) is 48.5 Å². The number of nitrogens with one attached hydrogen (secondary N) is 1. The summed E-state index contributed by atoms with van der Waals surface area (Å²) >= 11 is 0. The number of hydrogen-bond acceptors (Lipinski definition) is 3. The van der Waals surface area contributed by atoms with Crippen molar-refractivity contribution in [3.05, 3.63) is 54.1 Å². The molecular formula is C16H14F3NO3. The number of ether oxygens (including phenoxy) is 2. The Hall–Kier alpha value is -2.70. The lowest BCUT2D eigenvalue weighted by molar-refractivity contribution is -0.274. The van der Waals surface area contributed by atoms with Crippen LogP contribution < -0.4 is 14.8 Å². The van der Waals surface area contributed by atoms with Crippen LogP contribution in [0.2, 0.25) is 0 Å². The third kappa shape index (κ3) is 5.54. The molecule has 2 aromatic rings. The highest BCUT2D eigenvalue weighted by atomic mass is 19.4. The first-order valence-electron chi connectivity index (χ1n) is 6.67. The maximum Gasteiger partial charge on any atom is 0.573 e. The second-order valence-corrected chi connectivity index (χ2v) is 4.69. The van der Waals surface area contributed by atoms with E-state index in [0.717, 1.165) is 11.6 Å². The number of amides is 1. The Labute approximate surface area is 130 Å². The molecule has 1 amide bonds. The summed E-state index contributed by atoms with van der Waals surface area (Å²) < 4.78 is 46.0. The molecule has 0 aromatic heterocycles. The molecule has 0 aliphatic carbocycles. The number of hydrogen-bond donors (Lipinski definition) is 1. The summed E-state index contributed by atoms with van der Waals surface area (Å²) in [6.07, 6.45) is -4.83. The molecule has 0 unspecified atom stereocenters. The van der Waals surface area contributed by atoms with Crippen molar-refractivity contribution in [2.45, 2.75) is 13.3 Å². The topological polar surface area (TPSA) is 47.6 Å². The first-order valence-corrected chi connectivity index (χ1v) is 6.67. The Morgan fingerprint density at radius 2 is 1.74 bits per heavy atom. The van der Waals surface area contributed by atoms with Gasteiger partial charge < -0.3 is 14.8 Å². The van der Waals surface area contributed by atoms with Crippen molar-refractivity contribution in [2.75, 3.05) is 11.9 Å². The summed E-state index contributed by atoms with van der Waals surface area (Å²) in [5, 5.41) is 2.33. The Morgan fingerprint density at radius 1 is 1.09 bits per heavy atom. The fourth-order valence-corrected chi connectivity index (χ4v) is 1.75. The Kier molecular flexibility index (Phi) is 5.10. The molecular weight excluding hydrogens is 311 g/mol. The zero-order chi connectivity index (χ0) is 16.9. The van der Waals surface area contributed by atoms with E-state index >= 15 is 0 Å². The highest BCUT2D eigenvalue weighted by Gasteiger charge is 2.32. The summed E-state index contributed by atoms with van der Waals surface area (Å²) in [4.78, 5) is 11.8. The molecule has 0 fully saturated rings. The maximum atomic E-state index is 12.3. The second kappa shape index (κ2) is 7.04. The molecule has 0 spiro atoms. The summed E-state index contributed by atoms with van der Waals surface area (Å²) in [6.45, 7) is 1.58. The van der Waals surface area contributed by atoms with E-state index < -0.39 is 18.0 Å². The van der Waals surface area contributed by atoms with Gasteiger partial charge in [-0.05, 0) is 31.2 Å². The third-order valence-corrected chi connectivity index (χ3v) is 2.78. The second-order valence-electron chi connectivity index (χ2n) is 4.69. The van der Waals surface area contributed by atoms with E-state index in [2.05, 4.69) is 10.1 Å². The molecule has 2 aromatic carbocycles. The van der Waals surface area contributed by atoms with Crippen LogP contribution in [-0.2, 0) is 4.79 Å². The Balaban J connectivity index is 1.96. The van der Waals surface area contributed by atoms with Crippen molar-refractivity contribution in [1.29, 1.82) is 0 Å². The van der Waals surface area contributed by atoms with Gasteiger partial charge in [0.2, 0.25) is 0 Å². The van der Waals surface area contributed by atoms with E-state index in [1.807, 2.05) is 19.1 Å². The van der Waals surface area contributed by atoms with E-state index in [9.17, 15) is 18.0 Å². The van der Waals surface area contributed by atoms with Gasteiger partial charge in [0, 0.05) is 0 Å². The normalized spacial score (nSPS) is 11.0. The van der Waals surface area contributed by atoms with Crippen LogP contribution in [0.25, 0.3) is 0 Å². The van der Waals surface area contributed by atoms with Crippen molar-refractivity contribution in [2.24, 2.45) is 0 Å². The van der Waals surface area contributed by atoms with E-state index in [4.69, 9.17) is 4.74 Å². The Morgan fingerprint density at radius 3 is 2.39 bits per heavy atom. The molecule has 122 valence electrons. The maximum absolute atomic E-state index is 12.3. The SMILES string of the molecule is Cc1ccc(OCC(=O)Nc2ccccc2OC(F)(F)F)cc1. The molecule has 0 saturated carbocycles. The minimum atomic E-state index is -4.83. The summed E-state index contributed by atoms with van der Waals surface area (Å²) in [7, 11) is 0. The van der Waals surface area contributed by atoms with Crippen molar-refractivity contribution >= 4 is 11.6 Å². The van der Waals surface area contributed by atoms with Crippen LogP contribution in [0, 0.1) is 6.92 Å². The van der Waals surface area contributed by atoms with Gasteiger partial charge in [-0.2, -0.15) is 0 Å². The van der Waals surface area contributed by atoms with Gasteiger partial charge in [0.1, 0.15) is 5.75 Å². The average molecular weight is 325 g/mol. The van der Waals surface area contributed by atoms with Gasteiger partial charge in [-0.1, -0.05) is 29.8 Å². The first-order chi connectivity index (χ1) is 10.8. The first kappa shape index (κ1) is 16.7. The number of anilines is 1. The quantitative estimate of drug-likeness (QED) is 0.906. The van der Waals surface area contributed by atoms with Crippen molar-refractivity contribution in [3.63, 3.8) is 0 Å². The summed E-state index contributed by atoms with van der Waals surface area (Å²) in [5.41, 5.74) is 0.961. The molecule has 2 rings (SSSR count). The number of para-hydroxylation sites is 2. The van der Waals surface area contributed by atoms with Crippen LogP contribution in [0.1, 0.15) is 5.56 Å². The molecule has 23 heavy (non-hydrogen) atoms. The van der Waals surface area contributed by atoms with Crippen LogP contribution >= 0.6 is 0 Å². The number of halogens is 3. The molecule has 0 aliphatic rings. The smallest absolute Gasteiger partial charge is 0.484 e. The zero-order valence-electron chi connectivity index (χ0n) is 12.2. The molecule has 0 saturated heterocycles. The van der Waals surface area contributed by atoms with Crippen LogP contribution in [0.3, 0.4) is 0 Å². The Bertz CT molecular complexity index is 669. The third-order valence-electron chi connectivity index (χ3n) is 2.78. The summed E-state index contributed by atoms with van der Waals surface area (Å²) in [5.74, 6) is -0.585. The van der Waals surface area contributed by atoms with Crippen molar-refractivity contribution < 1.29 is 27.4 Å². The minimum Gasteiger partial charge on any atom is -0.484 e. The van der Waals surface area contributed by atoms with Gasteiger partial charge in [-0.15, -0.1) is 13.2 Å². The predicted octanol–water partition coefficient (Wildman–Crippen LogP) is 3.91. The van der Waals surface area contributed by atoms with Gasteiger partial charge in [-0.25, -0.2) is 0 Å². The molecule has 0 aliphatic heterocycles. The van der Waals surface area contributed by atoms with Gasteiger partial charge in [0.15, 0.2) is 12.4 Å². The predicted molar refractivity (Wildman–Crippen MR) is 78.4 cm³/mol. The molecule has 1 N–H and O–H groups in total. The highest BCUT2D eigenvalue weighted by Crippen LogP contribution is 2.29. The van der Waals surface area contributed by atoms with Gasteiger partial charge in [-0.3, -0.25) is 4.79 Å². The molecule has 0 bridgehead atoms. The van der Waals surface area contributed by atoms with Crippen molar-refractivity contribution in [1.82, 2.24) is 0 Å². The number of alkyl halides is 3. The van der Waals surface area contributed by atoms with E-state index in [-0.39, 0.29) is 12.3 Å². The number of aryl methyl sites for hydroxylation is 1. The zero-order valence-corrected chi connectivity index (χ0v) is 12.2. The average Bonchev–Trinajstić information content (AvgIpc) is 2.47. The van der Waals surface area contributed by atoms with Gasteiger partial charge in [0.05, 0.1) is 5.69 Å². The largest absolute Gasteiger partial charge is 0.573 e. The number of carbonyl (C=O) groups excluding carboxylic acids is 1. The van der Waals surface area contributed by atoms with Crippen LogP contribution in [0.5, 0.6) is 11.5 Å². The lowest BCUT2D eigenvalue weighted by Crippen LogP contribution is -2.22. The number of carbonyl (C=O) groups is 1.